The predicted molar refractivity (Wildman–Crippen MR) is 95.5 cm³/mol. The summed E-state index contributed by atoms with van der Waals surface area (Å²) in [7, 11) is 0. The number of hydrogen-bond acceptors (Lipinski definition) is 3. The lowest BCUT2D eigenvalue weighted by atomic mass is 9.97. The van der Waals surface area contributed by atoms with Crippen molar-refractivity contribution in [2.45, 2.75) is 50.2 Å². The van der Waals surface area contributed by atoms with Crippen LogP contribution in [0.2, 0.25) is 0 Å². The number of benzene rings is 1. The number of fused-ring (bicyclic) bond motifs is 1. The van der Waals surface area contributed by atoms with Crippen molar-refractivity contribution < 1.29 is 14.0 Å². The number of imidazole rings is 1. The molecule has 3 heterocycles. The minimum absolute atomic E-state index is 0.0404. The zero-order valence-electron chi connectivity index (χ0n) is 14.7. The van der Waals surface area contributed by atoms with Crippen LogP contribution in [0.15, 0.2) is 35.3 Å². The van der Waals surface area contributed by atoms with Crippen LogP contribution in [-0.4, -0.2) is 38.8 Å². The molecule has 142 valence electrons. The highest BCUT2D eigenvalue weighted by molar-refractivity contribution is 5.93. The molecule has 1 aromatic heterocycles. The molecular formula is C19H21FN4O3. The van der Waals surface area contributed by atoms with E-state index in [1.54, 1.807) is 23.1 Å². The van der Waals surface area contributed by atoms with Crippen molar-refractivity contribution in [2.24, 2.45) is 0 Å². The summed E-state index contributed by atoms with van der Waals surface area (Å²) >= 11 is 0. The molecule has 27 heavy (non-hydrogen) atoms. The number of aromatic amines is 2. The molecule has 0 radical (unpaired) electrons. The van der Waals surface area contributed by atoms with Crippen LogP contribution in [0.5, 0.6) is 0 Å². The van der Waals surface area contributed by atoms with E-state index >= 15 is 0 Å². The van der Waals surface area contributed by atoms with E-state index in [9.17, 15) is 18.8 Å². The zero-order chi connectivity index (χ0) is 19.0. The van der Waals surface area contributed by atoms with Crippen molar-refractivity contribution in [1.82, 2.24) is 20.2 Å². The topological polar surface area (TPSA) is 98.1 Å². The molecule has 3 atom stereocenters. The number of nitrogens with one attached hydrogen (secondary N) is 3. The number of hydrogen-bond donors (Lipinski definition) is 3. The molecular weight excluding hydrogens is 351 g/mol. The Bertz CT molecular complexity index is 921. The lowest BCUT2D eigenvalue weighted by Crippen LogP contribution is -2.48. The average molecular weight is 372 g/mol. The molecule has 8 heteroatoms. The lowest BCUT2D eigenvalue weighted by Gasteiger charge is -2.32. The van der Waals surface area contributed by atoms with Gasteiger partial charge in [-0.3, -0.25) is 9.59 Å². The van der Waals surface area contributed by atoms with Crippen molar-refractivity contribution in [3.8, 4) is 0 Å². The van der Waals surface area contributed by atoms with E-state index in [2.05, 4.69) is 15.3 Å². The monoisotopic (exact) mass is 372 g/mol. The Hall–Kier alpha value is -2.90. The number of likely N-dealkylation sites (tertiary alicyclic amines) is 1. The molecule has 0 unspecified atom stereocenters. The molecule has 0 spiro atoms. The summed E-state index contributed by atoms with van der Waals surface area (Å²) in [6.45, 7) is 0. The maximum absolute atomic E-state index is 14.5. The normalized spacial score (nSPS) is 25.4. The number of amides is 2. The molecule has 2 aliphatic rings. The largest absolute Gasteiger partial charge is 0.351 e. The first-order chi connectivity index (χ1) is 13.0. The molecule has 2 fully saturated rings. The van der Waals surface area contributed by atoms with Gasteiger partial charge in [0.2, 0.25) is 5.91 Å². The summed E-state index contributed by atoms with van der Waals surface area (Å²) in [5, 5.41) is 3.01. The summed E-state index contributed by atoms with van der Waals surface area (Å²) in [4.78, 5) is 43.3. The molecule has 0 aliphatic carbocycles. The molecule has 3 N–H and O–H groups in total. The molecule has 0 bridgehead atoms. The number of H-pyrrole nitrogens is 2. The van der Waals surface area contributed by atoms with Gasteiger partial charge in [0.25, 0.3) is 5.91 Å². The van der Waals surface area contributed by atoms with Crippen LogP contribution in [0, 0.1) is 5.82 Å². The van der Waals surface area contributed by atoms with Crippen LogP contribution in [0.25, 0.3) is 0 Å². The lowest BCUT2D eigenvalue weighted by molar-refractivity contribution is -0.122. The standard InChI is InChI=1S/C19H21FN4O3/c20-12-6-2-1-5-11(12)16-9-13-15(7-3-4-8-17(25)22-13)24(16)18(26)14-10-21-19(27)23-14/h1-2,5-6,10,13,15-16H,3-4,7-9H2,(H,22,25)(H2,21,23,27)/t13-,15+,16+/m1/s1. The van der Waals surface area contributed by atoms with Crippen LogP contribution in [-0.2, 0) is 4.79 Å². The van der Waals surface area contributed by atoms with Crippen LogP contribution in [0.1, 0.15) is 54.2 Å². The van der Waals surface area contributed by atoms with Crippen LogP contribution >= 0.6 is 0 Å². The van der Waals surface area contributed by atoms with E-state index in [0.717, 1.165) is 19.3 Å². The third kappa shape index (κ3) is 3.27. The number of carbonyl (C=O) groups is 2. The molecule has 2 saturated heterocycles. The highest BCUT2D eigenvalue weighted by Crippen LogP contribution is 2.40. The van der Waals surface area contributed by atoms with Crippen molar-refractivity contribution in [1.29, 1.82) is 0 Å². The Morgan fingerprint density at radius 1 is 1.19 bits per heavy atom. The van der Waals surface area contributed by atoms with E-state index in [-0.39, 0.29) is 35.4 Å². The Morgan fingerprint density at radius 3 is 2.74 bits per heavy atom. The van der Waals surface area contributed by atoms with Gasteiger partial charge in [0.1, 0.15) is 11.5 Å². The Kier molecular flexibility index (Phi) is 4.55. The first-order valence-corrected chi connectivity index (χ1v) is 9.19. The zero-order valence-corrected chi connectivity index (χ0v) is 14.7. The second kappa shape index (κ2) is 7.02. The number of aromatic nitrogens is 2. The van der Waals surface area contributed by atoms with E-state index in [1.807, 2.05) is 0 Å². The second-order valence-corrected chi connectivity index (χ2v) is 7.13. The molecule has 1 aromatic carbocycles. The van der Waals surface area contributed by atoms with Crippen LogP contribution in [0.3, 0.4) is 0 Å². The summed E-state index contributed by atoms with van der Waals surface area (Å²) < 4.78 is 14.5. The van der Waals surface area contributed by atoms with Gasteiger partial charge in [0.15, 0.2) is 0 Å². The minimum Gasteiger partial charge on any atom is -0.351 e. The van der Waals surface area contributed by atoms with Crippen LogP contribution in [0.4, 0.5) is 4.39 Å². The molecule has 2 amide bonds. The summed E-state index contributed by atoms with van der Waals surface area (Å²) in [5.74, 6) is -0.797. The van der Waals surface area contributed by atoms with Crippen molar-refractivity contribution in [3.63, 3.8) is 0 Å². The highest BCUT2D eigenvalue weighted by atomic mass is 19.1. The molecule has 7 nitrogen and oxygen atoms in total. The molecule has 2 aromatic rings. The van der Waals surface area contributed by atoms with Gasteiger partial charge in [-0.05, 0) is 25.3 Å². The summed E-state index contributed by atoms with van der Waals surface area (Å²) in [6, 6.07) is 5.38. The smallest absolute Gasteiger partial charge is 0.323 e. The van der Waals surface area contributed by atoms with E-state index < -0.39 is 11.7 Å². The molecule has 0 saturated carbocycles. The van der Waals surface area contributed by atoms with Crippen molar-refractivity contribution in [2.75, 3.05) is 0 Å². The first kappa shape index (κ1) is 17.5. The van der Waals surface area contributed by atoms with Gasteiger partial charge in [-0.15, -0.1) is 0 Å². The fraction of sp³-hybridized carbons (Fsp3) is 0.421. The molecule has 2 aliphatic heterocycles. The average Bonchev–Trinajstić information content (AvgIpc) is 3.21. The van der Waals surface area contributed by atoms with E-state index in [4.69, 9.17) is 0 Å². The Morgan fingerprint density at radius 2 is 2.00 bits per heavy atom. The van der Waals surface area contributed by atoms with Gasteiger partial charge < -0.3 is 20.2 Å². The molecule has 4 rings (SSSR count). The first-order valence-electron chi connectivity index (χ1n) is 9.19. The highest BCUT2D eigenvalue weighted by Gasteiger charge is 2.46. The summed E-state index contributed by atoms with van der Waals surface area (Å²) in [6.07, 6.45) is 4.52. The maximum atomic E-state index is 14.5. The third-order valence-electron chi connectivity index (χ3n) is 5.46. The van der Waals surface area contributed by atoms with Crippen LogP contribution < -0.4 is 11.0 Å². The van der Waals surface area contributed by atoms with Gasteiger partial charge in [0, 0.05) is 18.2 Å². The quantitative estimate of drug-likeness (QED) is 0.750. The third-order valence-corrected chi connectivity index (χ3v) is 5.46. The SMILES string of the molecule is O=C1CCCC[C@H]2[C@@H](C[C@@H](c3ccccc3F)N2C(=O)c2c[nH]c(=O)[nH]2)N1. The summed E-state index contributed by atoms with van der Waals surface area (Å²) in [5.41, 5.74) is 0.0858. The fourth-order valence-electron chi connectivity index (χ4n) is 4.25. The van der Waals surface area contributed by atoms with Gasteiger partial charge in [-0.25, -0.2) is 9.18 Å². The van der Waals surface area contributed by atoms with Crippen molar-refractivity contribution in [3.05, 3.63) is 58.0 Å². The van der Waals surface area contributed by atoms with Crippen molar-refractivity contribution >= 4 is 11.8 Å². The van der Waals surface area contributed by atoms with Gasteiger partial charge in [0.05, 0.1) is 18.1 Å². The number of halogens is 1. The van der Waals surface area contributed by atoms with E-state index in [1.165, 1.54) is 12.3 Å². The number of carbonyl (C=O) groups excluding carboxylic acids is 2. The Labute approximate surface area is 155 Å². The van der Waals surface area contributed by atoms with E-state index in [0.29, 0.717) is 18.4 Å². The number of rotatable bonds is 2. The second-order valence-electron chi connectivity index (χ2n) is 7.13. The van der Waals surface area contributed by atoms with Gasteiger partial charge in [-0.2, -0.15) is 0 Å². The fourth-order valence-corrected chi connectivity index (χ4v) is 4.25. The predicted octanol–water partition coefficient (Wildman–Crippen LogP) is 1.86. The number of nitrogens with zero attached hydrogens (tertiary/aromatic N) is 1. The minimum atomic E-state index is -0.509. The van der Waals surface area contributed by atoms with Gasteiger partial charge >= 0.3 is 5.69 Å². The Balaban J connectivity index is 1.75. The maximum Gasteiger partial charge on any atom is 0.323 e. The van der Waals surface area contributed by atoms with Gasteiger partial charge in [-0.1, -0.05) is 24.6 Å².